The molecular weight excluding hydrogens is 340 g/mol. The average molecular weight is 363 g/mol. The van der Waals surface area contributed by atoms with Gasteiger partial charge in [-0.05, 0) is 38.5 Å². The van der Waals surface area contributed by atoms with Gasteiger partial charge in [0.2, 0.25) is 0 Å². The Morgan fingerprint density at radius 1 is 1.39 bits per heavy atom. The highest BCUT2D eigenvalue weighted by Gasteiger charge is 2.21. The normalized spacial score (nSPS) is 12.6. The second-order valence-electron chi connectivity index (χ2n) is 5.26. The third kappa shape index (κ3) is 6.27. The van der Waals surface area contributed by atoms with Crippen LogP contribution in [0.15, 0.2) is 18.2 Å². The molecule has 1 aromatic carbocycles. The maximum atomic E-state index is 12.3. The fourth-order valence-corrected chi connectivity index (χ4v) is 2.68. The molecule has 1 atom stereocenters. The molecule has 0 aromatic heterocycles. The first-order valence-electron chi connectivity index (χ1n) is 7.40. The van der Waals surface area contributed by atoms with Crippen LogP contribution in [0, 0.1) is 0 Å². The number of carbonyl (C=O) groups excluding carboxylic acids is 1. The number of hydrogen-bond acceptors (Lipinski definition) is 4. The van der Waals surface area contributed by atoms with Gasteiger partial charge in [0.15, 0.2) is 0 Å². The molecule has 0 aliphatic carbocycles. The van der Waals surface area contributed by atoms with Crippen molar-refractivity contribution < 1.29 is 17.4 Å². The molecule has 1 aromatic rings. The number of hydrogen-bond donors (Lipinski definition) is 1. The van der Waals surface area contributed by atoms with Crippen LogP contribution in [0.5, 0.6) is 5.75 Å². The third-order valence-corrected chi connectivity index (χ3v) is 4.03. The van der Waals surface area contributed by atoms with E-state index in [0.29, 0.717) is 17.1 Å². The molecule has 0 radical (unpaired) electrons. The van der Waals surface area contributed by atoms with Crippen molar-refractivity contribution in [1.29, 1.82) is 0 Å². The molecule has 0 fully saturated rings. The van der Waals surface area contributed by atoms with Gasteiger partial charge in [0, 0.05) is 23.2 Å². The summed E-state index contributed by atoms with van der Waals surface area (Å²) in [5.74, 6) is 0.175. The summed E-state index contributed by atoms with van der Waals surface area (Å²) in [6.45, 7) is 6.45. The summed E-state index contributed by atoms with van der Waals surface area (Å²) in [5.41, 5.74) is 0.537. The van der Waals surface area contributed by atoms with Gasteiger partial charge < -0.3 is 14.4 Å². The topological polar surface area (TPSA) is 75.7 Å². The summed E-state index contributed by atoms with van der Waals surface area (Å²) in [6, 6.07) is 4.41. The SMILES string of the molecule is CCNC(=O)N(Cc1cc(Cl)ccc1OS(C)(=O)=O)C(C)CC. The number of halogens is 1. The fourth-order valence-electron chi connectivity index (χ4n) is 2.00. The van der Waals surface area contributed by atoms with E-state index in [1.54, 1.807) is 17.0 Å². The van der Waals surface area contributed by atoms with Crippen LogP contribution >= 0.6 is 11.6 Å². The molecule has 0 heterocycles. The highest BCUT2D eigenvalue weighted by Crippen LogP contribution is 2.26. The lowest BCUT2D eigenvalue weighted by Gasteiger charge is -2.29. The second kappa shape index (κ2) is 8.40. The van der Waals surface area contributed by atoms with Crippen LogP contribution in [-0.2, 0) is 16.7 Å². The third-order valence-electron chi connectivity index (χ3n) is 3.32. The minimum atomic E-state index is -3.67. The maximum absolute atomic E-state index is 12.3. The lowest BCUT2D eigenvalue weighted by Crippen LogP contribution is -2.44. The van der Waals surface area contributed by atoms with E-state index in [1.807, 2.05) is 20.8 Å². The van der Waals surface area contributed by atoms with Crippen molar-refractivity contribution in [2.24, 2.45) is 0 Å². The van der Waals surface area contributed by atoms with Crippen molar-refractivity contribution >= 4 is 27.8 Å². The van der Waals surface area contributed by atoms with Gasteiger partial charge in [-0.2, -0.15) is 8.42 Å². The zero-order chi connectivity index (χ0) is 17.6. The van der Waals surface area contributed by atoms with E-state index in [4.69, 9.17) is 15.8 Å². The van der Waals surface area contributed by atoms with Gasteiger partial charge in [-0.1, -0.05) is 18.5 Å². The van der Waals surface area contributed by atoms with Crippen LogP contribution in [0.4, 0.5) is 4.79 Å². The smallest absolute Gasteiger partial charge is 0.317 e. The summed E-state index contributed by atoms with van der Waals surface area (Å²) in [4.78, 5) is 13.9. The van der Waals surface area contributed by atoms with Crippen molar-refractivity contribution in [2.75, 3.05) is 12.8 Å². The molecule has 0 saturated heterocycles. The summed E-state index contributed by atoms with van der Waals surface area (Å²) in [7, 11) is -3.67. The predicted molar refractivity (Wildman–Crippen MR) is 91.3 cm³/mol. The molecule has 0 bridgehead atoms. The lowest BCUT2D eigenvalue weighted by molar-refractivity contribution is 0.173. The van der Waals surface area contributed by atoms with Gasteiger partial charge in [0.05, 0.1) is 12.8 Å². The van der Waals surface area contributed by atoms with Gasteiger partial charge in [0.25, 0.3) is 0 Å². The first-order chi connectivity index (χ1) is 10.7. The molecule has 2 amide bonds. The molecule has 6 nitrogen and oxygen atoms in total. The molecule has 1 unspecified atom stereocenters. The Morgan fingerprint density at radius 3 is 2.57 bits per heavy atom. The highest BCUT2D eigenvalue weighted by molar-refractivity contribution is 7.86. The molecule has 8 heteroatoms. The van der Waals surface area contributed by atoms with Gasteiger partial charge >= 0.3 is 16.1 Å². The Labute approximate surface area is 142 Å². The zero-order valence-corrected chi connectivity index (χ0v) is 15.4. The summed E-state index contributed by atoms with van der Waals surface area (Å²) >= 11 is 6.00. The standard InChI is InChI=1S/C15H23ClN2O4S/c1-5-11(3)18(15(19)17-6-2)10-12-9-13(16)7-8-14(12)22-23(4,20)21/h7-9,11H,5-6,10H2,1-4H3,(H,17,19). The number of urea groups is 1. The second-order valence-corrected chi connectivity index (χ2v) is 7.27. The Hall–Kier alpha value is -1.47. The van der Waals surface area contributed by atoms with Crippen LogP contribution in [0.1, 0.15) is 32.8 Å². The quantitative estimate of drug-likeness (QED) is 0.756. The van der Waals surface area contributed by atoms with Gasteiger partial charge in [-0.15, -0.1) is 0 Å². The maximum Gasteiger partial charge on any atom is 0.317 e. The Kier molecular flexibility index (Phi) is 7.15. The van der Waals surface area contributed by atoms with Crippen molar-refractivity contribution in [3.05, 3.63) is 28.8 Å². The van der Waals surface area contributed by atoms with E-state index in [-0.39, 0.29) is 24.4 Å². The van der Waals surface area contributed by atoms with E-state index in [0.717, 1.165) is 12.7 Å². The summed E-state index contributed by atoms with van der Waals surface area (Å²) in [5, 5.41) is 3.20. The van der Waals surface area contributed by atoms with Crippen LogP contribution in [0.25, 0.3) is 0 Å². The van der Waals surface area contributed by atoms with Crippen LogP contribution in [0.3, 0.4) is 0 Å². The van der Waals surface area contributed by atoms with Crippen molar-refractivity contribution in [3.63, 3.8) is 0 Å². The molecular formula is C15H23ClN2O4S. The molecule has 0 saturated carbocycles. The van der Waals surface area contributed by atoms with Crippen LogP contribution in [0.2, 0.25) is 5.02 Å². The molecule has 0 spiro atoms. The minimum Gasteiger partial charge on any atom is -0.382 e. The predicted octanol–water partition coefficient (Wildman–Crippen LogP) is 3.01. The average Bonchev–Trinajstić information content (AvgIpc) is 2.45. The Bertz CT molecular complexity index is 649. The first kappa shape index (κ1) is 19.6. The number of benzene rings is 1. The fraction of sp³-hybridized carbons (Fsp3) is 0.533. The first-order valence-corrected chi connectivity index (χ1v) is 9.59. The van der Waals surface area contributed by atoms with Crippen LogP contribution < -0.4 is 9.50 Å². The number of nitrogens with one attached hydrogen (secondary N) is 1. The number of carbonyl (C=O) groups is 1. The zero-order valence-electron chi connectivity index (χ0n) is 13.8. The molecule has 23 heavy (non-hydrogen) atoms. The minimum absolute atomic E-state index is 0.0217. The molecule has 1 rings (SSSR count). The van der Waals surface area contributed by atoms with E-state index >= 15 is 0 Å². The number of amides is 2. The van der Waals surface area contributed by atoms with Gasteiger partial charge in [0.1, 0.15) is 5.75 Å². The summed E-state index contributed by atoms with van der Waals surface area (Å²) in [6.07, 6.45) is 1.74. The van der Waals surface area contributed by atoms with Crippen molar-refractivity contribution in [3.8, 4) is 5.75 Å². The molecule has 1 N–H and O–H groups in total. The Balaban J connectivity index is 3.16. The molecule has 0 aliphatic heterocycles. The summed E-state index contributed by atoms with van der Waals surface area (Å²) < 4.78 is 27.8. The van der Waals surface area contributed by atoms with Crippen LogP contribution in [-0.4, -0.2) is 38.2 Å². The van der Waals surface area contributed by atoms with Crippen molar-refractivity contribution in [1.82, 2.24) is 10.2 Å². The highest BCUT2D eigenvalue weighted by atomic mass is 35.5. The van der Waals surface area contributed by atoms with Crippen molar-refractivity contribution in [2.45, 2.75) is 39.8 Å². The molecule has 130 valence electrons. The van der Waals surface area contributed by atoms with E-state index in [2.05, 4.69) is 5.32 Å². The largest absolute Gasteiger partial charge is 0.382 e. The van der Waals surface area contributed by atoms with E-state index in [1.165, 1.54) is 6.07 Å². The number of rotatable bonds is 7. The Morgan fingerprint density at radius 2 is 2.04 bits per heavy atom. The van der Waals surface area contributed by atoms with E-state index < -0.39 is 10.1 Å². The molecule has 0 aliphatic rings. The number of nitrogens with zero attached hydrogens (tertiary/aromatic N) is 1. The lowest BCUT2D eigenvalue weighted by atomic mass is 10.1. The van der Waals surface area contributed by atoms with E-state index in [9.17, 15) is 13.2 Å². The van der Waals surface area contributed by atoms with Gasteiger partial charge in [-0.25, -0.2) is 4.79 Å². The van der Waals surface area contributed by atoms with Gasteiger partial charge in [-0.3, -0.25) is 0 Å². The monoisotopic (exact) mass is 362 g/mol.